The minimum Gasteiger partial charge on any atom is -0.480 e. The maximum Gasteiger partial charge on any atom is 0.322 e. The molecule has 3 N–H and O–H groups in total. The Morgan fingerprint density at radius 3 is 2.16 bits per heavy atom. The summed E-state index contributed by atoms with van der Waals surface area (Å²) in [6.07, 6.45) is 0. The second-order valence-electron chi connectivity index (χ2n) is 5.38. The Labute approximate surface area is 114 Å². The van der Waals surface area contributed by atoms with Crippen LogP contribution in [0.4, 0.5) is 0 Å². The molecular weight excluding hydrogens is 240 g/mol. The number of hydrogen-bond donors (Lipinski definition) is 3. The fraction of sp³-hybridized carbons (Fsp3) is 0.533. The molecule has 2 unspecified atom stereocenters. The summed E-state index contributed by atoms with van der Waals surface area (Å²) < 4.78 is 0. The Kier molecular flexibility index (Phi) is 3.92. The summed E-state index contributed by atoms with van der Waals surface area (Å²) >= 11 is 0. The standard InChI is InChI=1S/C15H22N2O2/c1-8-7-9(2)11(4)12(10(8)3)13-14(15(18)19)17-6-5-16-13/h7,13-14,16-17H,5-6H2,1-4H3,(H,18,19). The third-order valence-electron chi connectivity index (χ3n) is 4.19. The van der Waals surface area contributed by atoms with Crippen LogP contribution >= 0.6 is 0 Å². The number of hydrogen-bond acceptors (Lipinski definition) is 3. The van der Waals surface area contributed by atoms with Gasteiger partial charge in [0.15, 0.2) is 0 Å². The fourth-order valence-electron chi connectivity index (χ4n) is 2.90. The van der Waals surface area contributed by atoms with Crippen molar-refractivity contribution in [3.8, 4) is 0 Å². The van der Waals surface area contributed by atoms with Crippen molar-refractivity contribution in [3.05, 3.63) is 33.9 Å². The molecule has 0 aromatic heterocycles. The van der Waals surface area contributed by atoms with E-state index in [-0.39, 0.29) is 6.04 Å². The van der Waals surface area contributed by atoms with E-state index >= 15 is 0 Å². The maximum atomic E-state index is 11.4. The first-order chi connectivity index (χ1) is 8.93. The van der Waals surface area contributed by atoms with E-state index in [1.807, 2.05) is 0 Å². The molecule has 1 heterocycles. The van der Waals surface area contributed by atoms with E-state index in [0.29, 0.717) is 6.54 Å². The van der Waals surface area contributed by atoms with Crippen molar-refractivity contribution in [1.82, 2.24) is 10.6 Å². The lowest BCUT2D eigenvalue weighted by Gasteiger charge is -2.34. The van der Waals surface area contributed by atoms with Crippen LogP contribution in [-0.4, -0.2) is 30.2 Å². The van der Waals surface area contributed by atoms with Crippen LogP contribution in [0.3, 0.4) is 0 Å². The van der Waals surface area contributed by atoms with E-state index < -0.39 is 12.0 Å². The predicted octanol–water partition coefficient (Wildman–Crippen LogP) is 1.61. The zero-order chi connectivity index (χ0) is 14.2. The molecule has 0 aliphatic carbocycles. The van der Waals surface area contributed by atoms with Crippen molar-refractivity contribution in [1.29, 1.82) is 0 Å². The van der Waals surface area contributed by atoms with E-state index in [0.717, 1.165) is 12.1 Å². The maximum absolute atomic E-state index is 11.4. The van der Waals surface area contributed by atoms with Gasteiger partial charge in [0.1, 0.15) is 6.04 Å². The highest BCUT2D eigenvalue weighted by atomic mass is 16.4. The summed E-state index contributed by atoms with van der Waals surface area (Å²) in [7, 11) is 0. The van der Waals surface area contributed by atoms with Gasteiger partial charge in [-0.25, -0.2) is 0 Å². The normalized spacial score (nSPS) is 23.4. The van der Waals surface area contributed by atoms with Crippen molar-refractivity contribution < 1.29 is 9.90 Å². The molecule has 0 radical (unpaired) electrons. The molecule has 4 nitrogen and oxygen atoms in total. The molecule has 0 bridgehead atoms. The van der Waals surface area contributed by atoms with Gasteiger partial charge in [0.05, 0.1) is 6.04 Å². The van der Waals surface area contributed by atoms with Crippen LogP contribution in [0.1, 0.15) is 33.9 Å². The zero-order valence-electron chi connectivity index (χ0n) is 12.0. The van der Waals surface area contributed by atoms with Crippen molar-refractivity contribution in [2.75, 3.05) is 13.1 Å². The van der Waals surface area contributed by atoms with Crippen LogP contribution in [-0.2, 0) is 4.79 Å². The van der Waals surface area contributed by atoms with E-state index in [1.165, 1.54) is 22.3 Å². The van der Waals surface area contributed by atoms with E-state index in [9.17, 15) is 9.90 Å². The highest BCUT2D eigenvalue weighted by Crippen LogP contribution is 2.30. The van der Waals surface area contributed by atoms with Gasteiger partial charge in [0.25, 0.3) is 0 Å². The molecule has 1 aliphatic rings. The number of piperazine rings is 1. The molecule has 2 atom stereocenters. The van der Waals surface area contributed by atoms with Gasteiger partial charge in [-0.15, -0.1) is 0 Å². The first-order valence-electron chi connectivity index (χ1n) is 6.70. The monoisotopic (exact) mass is 262 g/mol. The minimum absolute atomic E-state index is 0.162. The van der Waals surface area contributed by atoms with Crippen LogP contribution in [0.5, 0.6) is 0 Å². The van der Waals surface area contributed by atoms with Gasteiger partial charge in [-0.1, -0.05) is 6.07 Å². The van der Waals surface area contributed by atoms with Crippen molar-refractivity contribution in [3.63, 3.8) is 0 Å². The summed E-state index contributed by atoms with van der Waals surface area (Å²) in [4.78, 5) is 11.4. The first kappa shape index (κ1) is 14.0. The van der Waals surface area contributed by atoms with Crippen molar-refractivity contribution >= 4 is 5.97 Å². The summed E-state index contributed by atoms with van der Waals surface area (Å²) in [6.45, 7) is 9.80. The molecule has 1 fully saturated rings. The predicted molar refractivity (Wildman–Crippen MR) is 75.6 cm³/mol. The second kappa shape index (κ2) is 5.31. The summed E-state index contributed by atoms with van der Waals surface area (Å²) in [6, 6.07) is 1.44. The zero-order valence-corrected chi connectivity index (χ0v) is 12.0. The van der Waals surface area contributed by atoms with Gasteiger partial charge >= 0.3 is 5.97 Å². The fourth-order valence-corrected chi connectivity index (χ4v) is 2.90. The van der Waals surface area contributed by atoms with E-state index in [2.05, 4.69) is 44.4 Å². The molecule has 0 amide bonds. The molecule has 0 spiro atoms. The summed E-state index contributed by atoms with van der Waals surface area (Å²) in [5.74, 6) is -0.796. The smallest absolute Gasteiger partial charge is 0.322 e. The highest BCUT2D eigenvalue weighted by molar-refractivity contribution is 5.75. The lowest BCUT2D eigenvalue weighted by molar-refractivity contribution is -0.140. The number of carboxylic acids is 1. The molecule has 4 heteroatoms. The molecule has 1 saturated heterocycles. The number of rotatable bonds is 2. The molecule has 1 aromatic carbocycles. The third-order valence-corrected chi connectivity index (χ3v) is 4.19. The number of carbonyl (C=O) groups is 1. The average molecular weight is 262 g/mol. The van der Waals surface area contributed by atoms with Crippen molar-refractivity contribution in [2.45, 2.75) is 39.8 Å². The molecule has 19 heavy (non-hydrogen) atoms. The van der Waals surface area contributed by atoms with Crippen LogP contribution in [0, 0.1) is 27.7 Å². The number of aliphatic carboxylic acids is 1. The topological polar surface area (TPSA) is 61.4 Å². The third kappa shape index (κ3) is 2.51. The minimum atomic E-state index is -0.796. The van der Waals surface area contributed by atoms with Gasteiger partial charge in [0.2, 0.25) is 0 Å². The number of nitrogens with one attached hydrogen (secondary N) is 2. The summed E-state index contributed by atoms with van der Waals surface area (Å²) in [5, 5.41) is 15.8. The molecular formula is C15H22N2O2. The molecule has 0 saturated carbocycles. The number of aryl methyl sites for hydroxylation is 2. The molecule has 104 valence electrons. The van der Waals surface area contributed by atoms with Crippen LogP contribution in [0.15, 0.2) is 6.07 Å². The van der Waals surface area contributed by atoms with Crippen molar-refractivity contribution in [2.24, 2.45) is 0 Å². The van der Waals surface area contributed by atoms with Gasteiger partial charge in [-0.2, -0.15) is 0 Å². The summed E-state index contributed by atoms with van der Waals surface area (Å²) in [5.41, 5.74) is 5.95. The average Bonchev–Trinajstić information content (AvgIpc) is 2.37. The quantitative estimate of drug-likeness (QED) is 0.758. The Bertz CT molecular complexity index is 485. The number of carboxylic acid groups (broad SMARTS) is 1. The van der Waals surface area contributed by atoms with Crippen LogP contribution in [0.2, 0.25) is 0 Å². The van der Waals surface area contributed by atoms with Gasteiger partial charge in [-0.3, -0.25) is 4.79 Å². The second-order valence-corrected chi connectivity index (χ2v) is 5.38. The molecule has 1 aromatic rings. The van der Waals surface area contributed by atoms with Crippen LogP contribution in [0.25, 0.3) is 0 Å². The Morgan fingerprint density at radius 2 is 1.63 bits per heavy atom. The first-order valence-corrected chi connectivity index (χ1v) is 6.70. The van der Waals surface area contributed by atoms with E-state index in [4.69, 9.17) is 0 Å². The lowest BCUT2D eigenvalue weighted by atomic mass is 9.86. The molecule has 2 rings (SSSR count). The van der Waals surface area contributed by atoms with Gasteiger partial charge in [-0.05, 0) is 55.5 Å². The van der Waals surface area contributed by atoms with Gasteiger partial charge < -0.3 is 15.7 Å². The van der Waals surface area contributed by atoms with Crippen LogP contribution < -0.4 is 10.6 Å². The Morgan fingerprint density at radius 1 is 1.11 bits per heavy atom. The SMILES string of the molecule is Cc1cc(C)c(C)c(C2NCCNC2C(=O)O)c1C. The largest absolute Gasteiger partial charge is 0.480 e. The Balaban J connectivity index is 2.53. The number of benzene rings is 1. The lowest BCUT2D eigenvalue weighted by Crippen LogP contribution is -2.54. The van der Waals surface area contributed by atoms with E-state index in [1.54, 1.807) is 0 Å². The molecule has 1 aliphatic heterocycles. The van der Waals surface area contributed by atoms with Gasteiger partial charge in [0, 0.05) is 13.1 Å². The Hall–Kier alpha value is -1.39. The highest BCUT2D eigenvalue weighted by Gasteiger charge is 2.33.